The van der Waals surface area contributed by atoms with Crippen LogP contribution in [-0.4, -0.2) is 44.9 Å². The zero-order valence-electron chi connectivity index (χ0n) is 14.4. The molecule has 0 aliphatic carbocycles. The molecule has 27 heavy (non-hydrogen) atoms. The fourth-order valence-electron chi connectivity index (χ4n) is 2.51. The van der Waals surface area contributed by atoms with Crippen molar-refractivity contribution in [1.29, 1.82) is 0 Å². The second-order valence-electron chi connectivity index (χ2n) is 5.81. The van der Waals surface area contributed by atoms with Crippen LogP contribution < -0.4 is 5.32 Å². The number of hydrogen-bond acceptors (Lipinski definition) is 5. The quantitative estimate of drug-likeness (QED) is 0.658. The summed E-state index contributed by atoms with van der Waals surface area (Å²) in [5.74, 6) is -0.239. The van der Waals surface area contributed by atoms with Gasteiger partial charge in [0, 0.05) is 28.5 Å². The maximum absolute atomic E-state index is 12.6. The summed E-state index contributed by atoms with van der Waals surface area (Å²) in [6, 6.07) is 10.9. The molecule has 3 rings (SSSR count). The van der Waals surface area contributed by atoms with E-state index in [0.29, 0.717) is 26.3 Å². The third kappa shape index (κ3) is 5.26. The van der Waals surface area contributed by atoms with E-state index >= 15 is 0 Å². The summed E-state index contributed by atoms with van der Waals surface area (Å²) in [6.07, 6.45) is 3.18. The van der Waals surface area contributed by atoms with E-state index in [9.17, 15) is 13.2 Å². The molecule has 0 unspecified atom stereocenters. The Morgan fingerprint density at radius 2 is 1.96 bits per heavy atom. The molecule has 9 heteroatoms. The third-order valence-corrected chi connectivity index (χ3v) is 8.13. The number of rotatable bonds is 6. The largest absolute Gasteiger partial charge is 0.379 e. The maximum Gasteiger partial charge on any atom is 0.252 e. The highest BCUT2D eigenvalue weighted by Gasteiger charge is 2.27. The summed E-state index contributed by atoms with van der Waals surface area (Å²) in [4.78, 5) is 12.8. The number of hydrogen-bond donors (Lipinski definition) is 1. The zero-order chi connectivity index (χ0) is 19.3. The molecule has 2 heterocycles. The van der Waals surface area contributed by atoms with Gasteiger partial charge in [0.15, 0.2) is 0 Å². The minimum absolute atomic E-state index is 0.239. The van der Waals surface area contributed by atoms with Gasteiger partial charge in [-0.1, -0.05) is 34.1 Å². The molecule has 1 aromatic carbocycles. The van der Waals surface area contributed by atoms with Crippen LogP contribution in [0.3, 0.4) is 0 Å². The van der Waals surface area contributed by atoms with Crippen molar-refractivity contribution in [3.05, 3.63) is 57.4 Å². The Kier molecular flexibility index (Phi) is 6.83. The topological polar surface area (TPSA) is 75.7 Å². The number of morpholine rings is 1. The van der Waals surface area contributed by atoms with E-state index in [1.54, 1.807) is 18.2 Å². The summed E-state index contributed by atoms with van der Waals surface area (Å²) < 4.78 is 33.1. The Morgan fingerprint density at radius 3 is 2.70 bits per heavy atom. The van der Waals surface area contributed by atoms with Crippen molar-refractivity contribution in [2.45, 2.75) is 10.8 Å². The van der Waals surface area contributed by atoms with Crippen LogP contribution in [0.4, 0.5) is 0 Å². The first-order chi connectivity index (χ1) is 13.0. The molecule has 0 bridgehead atoms. The van der Waals surface area contributed by atoms with Gasteiger partial charge in [-0.2, -0.15) is 4.31 Å². The Hall–Kier alpha value is -1.52. The number of ether oxygens (including phenoxy) is 1. The first kappa shape index (κ1) is 20.2. The minimum atomic E-state index is -3.49. The van der Waals surface area contributed by atoms with Crippen molar-refractivity contribution in [2.75, 3.05) is 26.3 Å². The first-order valence-corrected chi connectivity index (χ1v) is 11.4. The summed E-state index contributed by atoms with van der Waals surface area (Å²) in [5.41, 5.74) is 0.905. The summed E-state index contributed by atoms with van der Waals surface area (Å²) in [6.45, 7) is 1.84. The van der Waals surface area contributed by atoms with E-state index < -0.39 is 10.0 Å². The molecule has 144 valence electrons. The van der Waals surface area contributed by atoms with Gasteiger partial charge in [-0.25, -0.2) is 8.42 Å². The van der Waals surface area contributed by atoms with Gasteiger partial charge in [-0.05, 0) is 29.8 Å². The Labute approximate surface area is 171 Å². The molecule has 1 aliphatic heterocycles. The van der Waals surface area contributed by atoms with Gasteiger partial charge in [0.25, 0.3) is 10.0 Å². The number of nitrogens with one attached hydrogen (secondary N) is 1. The lowest BCUT2D eigenvalue weighted by atomic mass is 10.2. The highest BCUT2D eigenvalue weighted by atomic mass is 79.9. The van der Waals surface area contributed by atoms with Crippen LogP contribution in [0.1, 0.15) is 10.4 Å². The minimum Gasteiger partial charge on any atom is -0.379 e. The summed E-state index contributed by atoms with van der Waals surface area (Å²) in [7, 11) is -3.49. The molecule has 1 saturated heterocycles. The number of carbonyl (C=O) groups is 1. The van der Waals surface area contributed by atoms with E-state index in [-0.39, 0.29) is 16.7 Å². The van der Waals surface area contributed by atoms with Crippen LogP contribution in [0.25, 0.3) is 6.08 Å². The lowest BCUT2D eigenvalue weighted by Gasteiger charge is -2.25. The molecule has 1 aromatic heterocycles. The predicted octanol–water partition coefficient (Wildman–Crippen LogP) is 2.86. The van der Waals surface area contributed by atoms with Crippen LogP contribution in [0.2, 0.25) is 0 Å². The van der Waals surface area contributed by atoms with Crippen LogP contribution in [0.15, 0.2) is 51.2 Å². The van der Waals surface area contributed by atoms with E-state index in [1.807, 2.05) is 24.3 Å². The van der Waals surface area contributed by atoms with Crippen molar-refractivity contribution >= 4 is 49.3 Å². The highest BCUT2D eigenvalue weighted by Crippen LogP contribution is 2.25. The lowest BCUT2D eigenvalue weighted by molar-refractivity contribution is -0.116. The molecule has 0 saturated carbocycles. The Balaban J connectivity index is 1.58. The number of benzene rings is 1. The number of nitrogens with zero attached hydrogens (tertiary/aromatic N) is 1. The molecule has 0 spiro atoms. The fraction of sp³-hybridized carbons (Fsp3) is 0.278. The maximum atomic E-state index is 12.6. The summed E-state index contributed by atoms with van der Waals surface area (Å²) >= 11 is 4.60. The van der Waals surface area contributed by atoms with Gasteiger partial charge < -0.3 is 10.1 Å². The van der Waals surface area contributed by atoms with Gasteiger partial charge >= 0.3 is 0 Å². The highest BCUT2D eigenvalue weighted by molar-refractivity contribution is 9.10. The van der Waals surface area contributed by atoms with Crippen molar-refractivity contribution in [1.82, 2.24) is 9.62 Å². The molecule has 1 fully saturated rings. The zero-order valence-corrected chi connectivity index (χ0v) is 17.6. The third-order valence-electron chi connectivity index (χ3n) is 3.96. The van der Waals surface area contributed by atoms with Gasteiger partial charge in [-0.15, -0.1) is 11.3 Å². The monoisotopic (exact) mass is 470 g/mol. The fourth-order valence-corrected chi connectivity index (χ4v) is 5.79. The predicted molar refractivity (Wildman–Crippen MR) is 109 cm³/mol. The smallest absolute Gasteiger partial charge is 0.252 e. The average Bonchev–Trinajstić information content (AvgIpc) is 3.16. The number of thiophene rings is 1. The molecule has 2 aromatic rings. The van der Waals surface area contributed by atoms with Crippen molar-refractivity contribution in [3.8, 4) is 0 Å². The summed E-state index contributed by atoms with van der Waals surface area (Å²) in [5, 5.41) is 2.77. The number of carbonyl (C=O) groups excluding carboxylic acids is 1. The molecule has 1 aliphatic rings. The Morgan fingerprint density at radius 1 is 1.22 bits per heavy atom. The number of amides is 1. The normalized spacial score (nSPS) is 15.9. The molecule has 1 N–H and O–H groups in total. The van der Waals surface area contributed by atoms with Crippen LogP contribution in [0, 0.1) is 0 Å². The SMILES string of the molecule is O=C(C=Cc1ccccc1Br)NCc1ccc(S(=O)(=O)N2CCOCC2)s1. The van der Waals surface area contributed by atoms with E-state index in [4.69, 9.17) is 4.74 Å². The van der Waals surface area contributed by atoms with Crippen LogP contribution in [-0.2, 0) is 26.1 Å². The molecular formula is C18H19BrN2O4S2. The molecular weight excluding hydrogens is 452 g/mol. The van der Waals surface area contributed by atoms with Gasteiger partial charge in [0.05, 0.1) is 19.8 Å². The standard InChI is InChI=1S/C18H19BrN2O4S2/c19-16-4-2-1-3-14(16)5-7-17(22)20-13-15-6-8-18(26-15)27(23,24)21-9-11-25-12-10-21/h1-8H,9-13H2,(H,20,22). The van der Waals surface area contributed by atoms with Crippen LogP contribution >= 0.6 is 27.3 Å². The first-order valence-electron chi connectivity index (χ1n) is 8.34. The number of halogens is 1. The average molecular weight is 471 g/mol. The molecule has 0 radical (unpaired) electrons. The van der Waals surface area contributed by atoms with Gasteiger partial charge in [-0.3, -0.25) is 4.79 Å². The lowest BCUT2D eigenvalue weighted by Crippen LogP contribution is -2.40. The van der Waals surface area contributed by atoms with Gasteiger partial charge in [0.1, 0.15) is 4.21 Å². The van der Waals surface area contributed by atoms with E-state index in [0.717, 1.165) is 14.9 Å². The molecule has 0 atom stereocenters. The second-order valence-corrected chi connectivity index (χ2v) is 10.00. The van der Waals surface area contributed by atoms with Crippen molar-refractivity contribution in [2.24, 2.45) is 0 Å². The van der Waals surface area contributed by atoms with Crippen molar-refractivity contribution in [3.63, 3.8) is 0 Å². The van der Waals surface area contributed by atoms with E-state index in [1.165, 1.54) is 21.7 Å². The second kappa shape index (κ2) is 9.11. The number of sulfonamides is 1. The van der Waals surface area contributed by atoms with Crippen molar-refractivity contribution < 1.29 is 17.9 Å². The van der Waals surface area contributed by atoms with E-state index in [2.05, 4.69) is 21.2 Å². The Bertz CT molecular complexity index is 934. The molecule has 1 amide bonds. The molecule has 6 nitrogen and oxygen atoms in total. The van der Waals surface area contributed by atoms with Gasteiger partial charge in [0.2, 0.25) is 5.91 Å². The van der Waals surface area contributed by atoms with Crippen LogP contribution in [0.5, 0.6) is 0 Å².